The summed E-state index contributed by atoms with van der Waals surface area (Å²) in [5.74, 6) is -1.61. The van der Waals surface area contributed by atoms with Crippen molar-refractivity contribution in [2.75, 3.05) is 12.4 Å². The zero-order valence-corrected chi connectivity index (χ0v) is 21.0. The lowest BCUT2D eigenvalue weighted by molar-refractivity contribution is 0.0528. The Kier molecular flexibility index (Phi) is 7.53. The zero-order chi connectivity index (χ0) is 22.8. The van der Waals surface area contributed by atoms with Crippen LogP contribution in [0.1, 0.15) is 20.7 Å². The Morgan fingerprint density at radius 3 is 1.87 bits per heavy atom. The molecule has 162 valence electrons. The van der Waals surface area contributed by atoms with Gasteiger partial charge in [0.15, 0.2) is 5.75 Å². The summed E-state index contributed by atoms with van der Waals surface area (Å²) in [4.78, 5) is 24.7. The number of esters is 2. The van der Waals surface area contributed by atoms with Crippen LogP contribution < -0.4 is 4.74 Å². The van der Waals surface area contributed by atoms with Crippen LogP contribution in [0.4, 0.5) is 0 Å². The second-order valence-corrected chi connectivity index (χ2v) is 10.5. The van der Waals surface area contributed by atoms with Crippen molar-refractivity contribution >= 4 is 80.6 Å². The van der Waals surface area contributed by atoms with Gasteiger partial charge in [0.25, 0.3) is 10.1 Å². The maximum atomic E-state index is 12.6. The molecule has 0 bridgehead atoms. The molecule has 0 aliphatic rings. The minimum Gasteiger partial charge on any atom is -0.461 e. The first kappa shape index (κ1) is 23.9. The molecule has 3 aromatic carbocycles. The van der Waals surface area contributed by atoms with E-state index in [0.717, 1.165) is 4.47 Å². The number of carbonyl (C=O) groups excluding carboxylic acids is 2. The molecule has 0 aromatic heterocycles. The highest BCUT2D eigenvalue weighted by molar-refractivity contribution is 9.11. The van der Waals surface area contributed by atoms with Gasteiger partial charge < -0.3 is 9.47 Å². The fourth-order valence-corrected chi connectivity index (χ4v) is 5.32. The number of hydrogen-bond donors (Lipinski definition) is 1. The SMILES string of the molecule is O=C(OCCS(=O)(=O)O)c1ccc2cc(C(=O)Oc3c(Br)cc(Br)cc3Br)ccc2c1. The standard InChI is InChI=1S/C20H13Br3O7S/c21-15-9-16(22)18(17(23)10-15)30-20(25)14-4-2-11-7-13(3-1-12(11)8-14)19(24)29-5-6-31(26,27)28/h1-4,7-10H,5-6H2,(H,26,27,28). The van der Waals surface area contributed by atoms with E-state index in [1.54, 1.807) is 42.5 Å². The van der Waals surface area contributed by atoms with E-state index in [-0.39, 0.29) is 5.56 Å². The fraction of sp³-hybridized carbons (Fsp3) is 0.100. The molecule has 0 unspecified atom stereocenters. The van der Waals surface area contributed by atoms with Gasteiger partial charge in [-0.05, 0) is 79.0 Å². The van der Waals surface area contributed by atoms with Gasteiger partial charge in [0.05, 0.1) is 20.1 Å². The molecular formula is C20H13Br3O7S. The zero-order valence-electron chi connectivity index (χ0n) is 15.5. The molecule has 0 saturated carbocycles. The third kappa shape index (κ3) is 6.36. The van der Waals surface area contributed by atoms with Crippen molar-refractivity contribution in [3.8, 4) is 5.75 Å². The third-order valence-electron chi connectivity index (χ3n) is 4.04. The van der Waals surface area contributed by atoms with E-state index in [9.17, 15) is 18.0 Å². The van der Waals surface area contributed by atoms with E-state index >= 15 is 0 Å². The van der Waals surface area contributed by atoms with Crippen molar-refractivity contribution in [2.45, 2.75) is 0 Å². The number of rotatable bonds is 6. The van der Waals surface area contributed by atoms with Crippen LogP contribution in [0.5, 0.6) is 5.75 Å². The van der Waals surface area contributed by atoms with Crippen molar-refractivity contribution < 1.29 is 32.0 Å². The summed E-state index contributed by atoms with van der Waals surface area (Å²) in [5.41, 5.74) is 0.526. The molecule has 7 nitrogen and oxygen atoms in total. The number of fused-ring (bicyclic) bond motifs is 1. The summed E-state index contributed by atoms with van der Waals surface area (Å²) >= 11 is 10.1. The quantitative estimate of drug-likeness (QED) is 0.220. The van der Waals surface area contributed by atoms with Gasteiger partial charge in [-0.3, -0.25) is 4.55 Å². The Labute approximate surface area is 202 Å². The van der Waals surface area contributed by atoms with Gasteiger partial charge in [-0.25, -0.2) is 9.59 Å². The van der Waals surface area contributed by atoms with Crippen LogP contribution in [0.2, 0.25) is 0 Å². The summed E-state index contributed by atoms with van der Waals surface area (Å²) in [6.07, 6.45) is 0. The topological polar surface area (TPSA) is 107 Å². The average Bonchev–Trinajstić information content (AvgIpc) is 2.68. The first-order chi connectivity index (χ1) is 14.5. The van der Waals surface area contributed by atoms with E-state index in [4.69, 9.17) is 14.0 Å². The van der Waals surface area contributed by atoms with Gasteiger partial charge in [0, 0.05) is 4.47 Å². The van der Waals surface area contributed by atoms with Crippen LogP contribution in [0.3, 0.4) is 0 Å². The summed E-state index contributed by atoms with van der Waals surface area (Å²) in [6, 6.07) is 13.1. The molecule has 0 heterocycles. The van der Waals surface area contributed by atoms with E-state index in [0.29, 0.717) is 31.0 Å². The minimum atomic E-state index is -4.21. The third-order valence-corrected chi connectivity index (χ3v) is 6.36. The summed E-state index contributed by atoms with van der Waals surface area (Å²) in [7, 11) is -4.21. The molecule has 0 saturated heterocycles. The maximum Gasteiger partial charge on any atom is 0.343 e. The first-order valence-electron chi connectivity index (χ1n) is 8.56. The summed E-state index contributed by atoms with van der Waals surface area (Å²) in [5, 5.41) is 1.37. The highest BCUT2D eigenvalue weighted by Crippen LogP contribution is 2.37. The number of carbonyl (C=O) groups is 2. The molecule has 3 aromatic rings. The normalized spacial score (nSPS) is 11.4. The first-order valence-corrected chi connectivity index (χ1v) is 12.5. The molecule has 0 spiro atoms. The molecule has 11 heteroatoms. The van der Waals surface area contributed by atoms with Crippen LogP contribution in [0, 0.1) is 0 Å². The van der Waals surface area contributed by atoms with Crippen molar-refractivity contribution in [3.63, 3.8) is 0 Å². The predicted molar refractivity (Wildman–Crippen MR) is 125 cm³/mol. The van der Waals surface area contributed by atoms with E-state index < -0.39 is 34.4 Å². The largest absolute Gasteiger partial charge is 0.461 e. The Balaban J connectivity index is 1.77. The van der Waals surface area contributed by atoms with E-state index in [1.807, 2.05) is 0 Å². The van der Waals surface area contributed by atoms with E-state index in [2.05, 4.69) is 47.8 Å². The lowest BCUT2D eigenvalue weighted by Crippen LogP contribution is -2.14. The predicted octanol–water partition coefficient (Wildman–Crippen LogP) is 5.39. The van der Waals surface area contributed by atoms with Gasteiger partial charge in [-0.2, -0.15) is 8.42 Å². The maximum absolute atomic E-state index is 12.6. The summed E-state index contributed by atoms with van der Waals surface area (Å²) in [6.45, 7) is -0.457. The Morgan fingerprint density at radius 2 is 1.35 bits per heavy atom. The van der Waals surface area contributed by atoms with Crippen LogP contribution in [-0.2, 0) is 14.9 Å². The van der Waals surface area contributed by atoms with Crippen LogP contribution in [-0.4, -0.2) is 37.3 Å². The number of benzene rings is 3. The van der Waals surface area contributed by atoms with Crippen LogP contribution in [0.25, 0.3) is 10.8 Å². The van der Waals surface area contributed by atoms with Gasteiger partial charge >= 0.3 is 11.9 Å². The molecule has 0 radical (unpaired) electrons. The van der Waals surface area contributed by atoms with Crippen molar-refractivity contribution in [1.82, 2.24) is 0 Å². The molecular weight excluding hydrogens is 624 g/mol. The minimum absolute atomic E-state index is 0.209. The smallest absolute Gasteiger partial charge is 0.343 e. The van der Waals surface area contributed by atoms with E-state index in [1.165, 1.54) is 6.07 Å². The highest BCUT2D eigenvalue weighted by atomic mass is 79.9. The van der Waals surface area contributed by atoms with Gasteiger partial charge in [-0.15, -0.1) is 0 Å². The van der Waals surface area contributed by atoms with Crippen molar-refractivity contribution in [2.24, 2.45) is 0 Å². The van der Waals surface area contributed by atoms with Crippen LogP contribution >= 0.6 is 47.8 Å². The summed E-state index contributed by atoms with van der Waals surface area (Å²) < 4.78 is 42.4. The lowest BCUT2D eigenvalue weighted by Gasteiger charge is -2.10. The van der Waals surface area contributed by atoms with Gasteiger partial charge in [0.2, 0.25) is 0 Å². The monoisotopic (exact) mass is 634 g/mol. The average molecular weight is 637 g/mol. The van der Waals surface area contributed by atoms with Gasteiger partial charge in [0.1, 0.15) is 12.4 Å². The Morgan fingerprint density at radius 1 is 0.839 bits per heavy atom. The lowest BCUT2D eigenvalue weighted by atomic mass is 10.0. The number of ether oxygens (including phenoxy) is 2. The Hall–Kier alpha value is -1.79. The highest BCUT2D eigenvalue weighted by Gasteiger charge is 2.16. The fourth-order valence-electron chi connectivity index (χ4n) is 2.60. The number of halogens is 3. The molecule has 0 aliphatic heterocycles. The molecule has 0 aliphatic carbocycles. The van der Waals surface area contributed by atoms with Gasteiger partial charge in [-0.1, -0.05) is 28.1 Å². The molecule has 1 N–H and O–H groups in total. The Bertz CT molecular complexity index is 1270. The second kappa shape index (κ2) is 9.78. The molecule has 31 heavy (non-hydrogen) atoms. The van der Waals surface area contributed by atoms with Crippen LogP contribution in [0.15, 0.2) is 61.9 Å². The molecule has 0 atom stereocenters. The molecule has 3 rings (SSSR count). The second-order valence-electron chi connectivity index (χ2n) is 6.29. The van der Waals surface area contributed by atoms with Crippen molar-refractivity contribution in [1.29, 1.82) is 0 Å². The molecule has 0 amide bonds. The van der Waals surface area contributed by atoms with Crippen molar-refractivity contribution in [3.05, 3.63) is 73.1 Å². The molecule has 0 fully saturated rings. The number of hydrogen-bond acceptors (Lipinski definition) is 6.